The van der Waals surface area contributed by atoms with Crippen LogP contribution in [0.4, 0.5) is 0 Å². The van der Waals surface area contributed by atoms with Crippen molar-refractivity contribution in [1.29, 1.82) is 0 Å². The Morgan fingerprint density at radius 2 is 1.04 bits per heavy atom. The fourth-order valence-electron chi connectivity index (χ4n) is 10.1. The van der Waals surface area contributed by atoms with Gasteiger partial charge in [-0.05, 0) is 117 Å². The van der Waals surface area contributed by atoms with Gasteiger partial charge in [0.2, 0.25) is 0 Å². The lowest BCUT2D eigenvalue weighted by molar-refractivity contribution is -0.227. The van der Waals surface area contributed by atoms with Crippen LogP contribution in [0.3, 0.4) is 0 Å². The molecule has 2 aliphatic carbocycles. The molecular weight excluding hydrogens is 576 g/mol. The summed E-state index contributed by atoms with van der Waals surface area (Å²) < 4.78 is 31.4. The molecule has 0 aromatic heterocycles. The van der Waals surface area contributed by atoms with E-state index in [1.54, 1.807) is 0 Å². The van der Waals surface area contributed by atoms with Gasteiger partial charge in [-0.1, -0.05) is 13.8 Å². The minimum atomic E-state index is -0.921. The van der Waals surface area contributed by atoms with Gasteiger partial charge in [0.1, 0.15) is 17.8 Å². The van der Waals surface area contributed by atoms with Crippen LogP contribution in [0.15, 0.2) is 0 Å². The molecule has 9 nitrogen and oxygen atoms in total. The number of carbonyl (C=O) groups excluding carboxylic acids is 3. The molecule has 4 fully saturated rings. The molecule has 2 heterocycles. The van der Waals surface area contributed by atoms with E-state index in [-0.39, 0.29) is 65.0 Å². The molecule has 2 saturated heterocycles. The van der Waals surface area contributed by atoms with Crippen LogP contribution in [0.25, 0.3) is 0 Å². The molecular formula is C36H60O9. The van der Waals surface area contributed by atoms with Gasteiger partial charge < -0.3 is 28.8 Å². The fourth-order valence-corrected chi connectivity index (χ4v) is 10.1. The maximum atomic E-state index is 12.5. The van der Waals surface area contributed by atoms with Crippen molar-refractivity contribution >= 4 is 17.9 Å². The molecule has 9 heteroatoms. The van der Waals surface area contributed by atoms with E-state index >= 15 is 0 Å². The lowest BCUT2D eigenvalue weighted by atomic mass is 9.53. The third kappa shape index (κ3) is 7.11. The van der Waals surface area contributed by atoms with Crippen molar-refractivity contribution in [2.24, 2.45) is 22.7 Å². The smallest absolute Gasteiger partial charge is 0.303 e. The molecule has 4 aliphatic rings. The molecule has 0 unspecified atom stereocenters. The molecule has 0 radical (unpaired) electrons. The predicted molar refractivity (Wildman–Crippen MR) is 169 cm³/mol. The summed E-state index contributed by atoms with van der Waals surface area (Å²) in [5.74, 6) is -1.09. The van der Waals surface area contributed by atoms with E-state index in [0.717, 1.165) is 32.1 Å². The van der Waals surface area contributed by atoms with Crippen molar-refractivity contribution in [3.8, 4) is 0 Å². The number of esters is 3. The zero-order valence-corrected chi connectivity index (χ0v) is 29.7. The summed E-state index contributed by atoms with van der Waals surface area (Å²) in [6.45, 7) is 20.8. The third-order valence-corrected chi connectivity index (χ3v) is 12.4. The first-order valence-electron chi connectivity index (χ1n) is 17.2. The molecule has 0 spiro atoms. The fraction of sp³-hybridized carbons (Fsp3) is 0.917. The van der Waals surface area contributed by atoms with Crippen molar-refractivity contribution < 1.29 is 43.2 Å². The van der Waals surface area contributed by atoms with Crippen molar-refractivity contribution in [2.75, 3.05) is 0 Å². The zero-order valence-electron chi connectivity index (χ0n) is 29.7. The zero-order chi connectivity index (χ0) is 33.8. The Labute approximate surface area is 270 Å². The first-order valence-corrected chi connectivity index (χ1v) is 17.2. The molecule has 258 valence electrons. The first kappa shape index (κ1) is 36.1. The van der Waals surface area contributed by atoms with E-state index < -0.39 is 22.4 Å². The van der Waals surface area contributed by atoms with Crippen LogP contribution in [0.2, 0.25) is 0 Å². The van der Waals surface area contributed by atoms with Gasteiger partial charge in [-0.15, -0.1) is 0 Å². The lowest BCUT2D eigenvalue weighted by Crippen LogP contribution is -2.59. The number of aliphatic hydroxyl groups is 1. The molecule has 0 aromatic carbocycles. The van der Waals surface area contributed by atoms with Crippen molar-refractivity contribution in [3.63, 3.8) is 0 Å². The van der Waals surface area contributed by atoms with E-state index in [1.807, 2.05) is 34.6 Å². The standard InChI is InChI=1S/C36H60O9/c1-22(37)41-27-14-18-33(8)25(35(10,40)20-16-29(33)44-31(27,4)5)12-13-26-34(9)19-15-28(42-23(2)38)32(6,7)45-30(34)17-21-36(26,11)43-24(3)39/h25-30,40H,12-21H2,1-11H3/t25-,26-,27-,28-,29-,30-,33-,34-,35+,36-/m0/s1. The molecule has 1 N–H and O–H groups in total. The van der Waals surface area contributed by atoms with Crippen LogP contribution >= 0.6 is 0 Å². The summed E-state index contributed by atoms with van der Waals surface area (Å²) in [5, 5.41) is 12.0. The molecule has 2 saturated carbocycles. The van der Waals surface area contributed by atoms with Gasteiger partial charge in [-0.3, -0.25) is 14.4 Å². The summed E-state index contributed by atoms with van der Waals surface area (Å²) in [6, 6.07) is 0. The summed E-state index contributed by atoms with van der Waals surface area (Å²) in [6.07, 6.45) is 6.01. The molecule has 2 aliphatic heterocycles. The minimum Gasteiger partial charge on any atom is -0.460 e. The maximum absolute atomic E-state index is 12.5. The van der Waals surface area contributed by atoms with Crippen molar-refractivity contribution in [3.05, 3.63) is 0 Å². The van der Waals surface area contributed by atoms with Gasteiger partial charge in [0, 0.05) is 32.1 Å². The maximum Gasteiger partial charge on any atom is 0.303 e. The number of fused-ring (bicyclic) bond motifs is 2. The largest absolute Gasteiger partial charge is 0.460 e. The molecule has 0 aromatic rings. The second kappa shape index (κ2) is 12.4. The Hall–Kier alpha value is -1.71. The van der Waals surface area contributed by atoms with E-state index in [4.69, 9.17) is 23.7 Å². The van der Waals surface area contributed by atoms with Gasteiger partial charge in [0.15, 0.2) is 0 Å². The van der Waals surface area contributed by atoms with Crippen molar-refractivity contribution in [1.82, 2.24) is 0 Å². The predicted octanol–water partition coefficient (Wildman–Crippen LogP) is 6.45. The molecule has 45 heavy (non-hydrogen) atoms. The van der Waals surface area contributed by atoms with E-state index in [1.165, 1.54) is 20.8 Å². The number of hydrogen-bond donors (Lipinski definition) is 1. The Morgan fingerprint density at radius 1 is 0.622 bits per heavy atom. The second-order valence-corrected chi connectivity index (χ2v) is 16.7. The highest BCUT2D eigenvalue weighted by Gasteiger charge is 2.61. The van der Waals surface area contributed by atoms with Crippen LogP contribution in [-0.4, -0.2) is 69.8 Å². The van der Waals surface area contributed by atoms with Crippen LogP contribution < -0.4 is 0 Å². The Kier molecular flexibility index (Phi) is 9.95. The highest BCUT2D eigenvalue weighted by molar-refractivity contribution is 5.67. The van der Waals surface area contributed by atoms with Crippen LogP contribution in [0.1, 0.15) is 140 Å². The minimum absolute atomic E-state index is 0.0590. The van der Waals surface area contributed by atoms with Gasteiger partial charge in [0.05, 0.1) is 29.0 Å². The highest BCUT2D eigenvalue weighted by atomic mass is 16.6. The van der Waals surface area contributed by atoms with Gasteiger partial charge in [-0.2, -0.15) is 0 Å². The number of hydrogen-bond acceptors (Lipinski definition) is 9. The normalized spacial score (nSPS) is 44.3. The van der Waals surface area contributed by atoms with Crippen LogP contribution in [0.5, 0.6) is 0 Å². The van der Waals surface area contributed by atoms with E-state index in [2.05, 4.69) is 20.8 Å². The topological polar surface area (TPSA) is 118 Å². The lowest BCUT2D eigenvalue weighted by Gasteiger charge is -2.57. The van der Waals surface area contributed by atoms with Gasteiger partial charge in [-0.25, -0.2) is 0 Å². The van der Waals surface area contributed by atoms with Crippen LogP contribution in [0, 0.1) is 22.7 Å². The molecule has 10 atom stereocenters. The highest BCUT2D eigenvalue weighted by Crippen LogP contribution is 2.60. The van der Waals surface area contributed by atoms with Crippen molar-refractivity contribution in [2.45, 2.75) is 187 Å². The third-order valence-electron chi connectivity index (χ3n) is 12.4. The summed E-state index contributed by atoms with van der Waals surface area (Å²) in [7, 11) is 0. The monoisotopic (exact) mass is 636 g/mol. The summed E-state index contributed by atoms with van der Waals surface area (Å²) >= 11 is 0. The van der Waals surface area contributed by atoms with E-state index in [9.17, 15) is 19.5 Å². The first-order chi connectivity index (χ1) is 20.6. The average molecular weight is 637 g/mol. The number of carbonyl (C=O) groups is 3. The van der Waals surface area contributed by atoms with E-state index in [0.29, 0.717) is 32.1 Å². The summed E-state index contributed by atoms with van der Waals surface area (Å²) in [4.78, 5) is 36.5. The second-order valence-electron chi connectivity index (χ2n) is 16.7. The number of ether oxygens (including phenoxy) is 5. The number of rotatable bonds is 6. The molecule has 4 rings (SSSR count). The quantitative estimate of drug-likeness (QED) is 0.259. The Bertz CT molecular complexity index is 1130. The van der Waals surface area contributed by atoms with Gasteiger partial charge >= 0.3 is 17.9 Å². The molecule has 0 bridgehead atoms. The van der Waals surface area contributed by atoms with Gasteiger partial charge in [0.25, 0.3) is 0 Å². The average Bonchev–Trinajstić information content (AvgIpc) is 3.04. The Balaban J connectivity index is 1.68. The summed E-state index contributed by atoms with van der Waals surface area (Å²) in [5.41, 5.74) is -3.67. The Morgan fingerprint density at radius 3 is 1.49 bits per heavy atom. The molecule has 0 amide bonds. The SMILES string of the molecule is CC(=O)O[C@H]1CC[C@]2(C)[C@H](CC[C@@](C)(O)[C@H]2CC[C@H]2[C@]3(C)CC[C@H](OC(C)=O)C(C)(C)O[C@H]3CC[C@]2(C)OC(C)=O)OC1(C)C. The van der Waals surface area contributed by atoms with Crippen LogP contribution in [-0.2, 0) is 38.1 Å².